The molecule has 0 saturated heterocycles. The molecule has 0 radical (unpaired) electrons. The van der Waals surface area contributed by atoms with Gasteiger partial charge in [0.05, 0.1) is 6.10 Å². The van der Waals surface area contributed by atoms with E-state index >= 15 is 0 Å². The number of ether oxygens (including phenoxy) is 1. The molecule has 38 heavy (non-hydrogen) atoms. The van der Waals surface area contributed by atoms with Crippen molar-refractivity contribution in [1.29, 1.82) is 0 Å². The summed E-state index contributed by atoms with van der Waals surface area (Å²) in [7, 11) is 0.566. The maximum absolute atomic E-state index is 14.4. The van der Waals surface area contributed by atoms with Crippen molar-refractivity contribution < 1.29 is 79.4 Å². The molecular formula is C20H17F17O. The van der Waals surface area contributed by atoms with Crippen LogP contribution in [0.25, 0.3) is 0 Å². The fourth-order valence-electron chi connectivity index (χ4n) is 3.21. The predicted octanol–water partition coefficient (Wildman–Crippen LogP) is 8.90. The summed E-state index contributed by atoms with van der Waals surface area (Å²) in [6, 6.07) is 4.62. The highest BCUT2D eigenvalue weighted by atomic mass is 19.4. The van der Waals surface area contributed by atoms with E-state index in [9.17, 15) is 74.6 Å². The van der Waals surface area contributed by atoms with Gasteiger partial charge in [0, 0.05) is 13.5 Å². The summed E-state index contributed by atoms with van der Waals surface area (Å²) in [5.41, 5.74) is -0.312. The van der Waals surface area contributed by atoms with Crippen LogP contribution in [-0.4, -0.2) is 54.7 Å². The molecule has 1 rings (SSSR count). The van der Waals surface area contributed by atoms with E-state index in [0.29, 0.717) is 7.11 Å². The molecule has 0 bridgehead atoms. The van der Waals surface area contributed by atoms with Crippen molar-refractivity contribution in [3.8, 4) is 0 Å². The molecule has 222 valence electrons. The van der Waals surface area contributed by atoms with Gasteiger partial charge in [-0.05, 0) is 17.0 Å². The number of halogens is 17. The number of rotatable bonds is 11. The van der Waals surface area contributed by atoms with Crippen LogP contribution >= 0.6 is 0 Å². The minimum atomic E-state index is -8.65. The van der Waals surface area contributed by atoms with Crippen LogP contribution in [0.3, 0.4) is 0 Å². The standard InChI is InChI=1S/C20H17F17O/c1-9(2)10-6-4-5-7-11(10)12(38-3)8-13(21,22)14(23,24)15(25,26)16(27,28)17(29,30)18(31,32)19(33,34)20(35,36)37/h4-7,9,12H,8H2,1-3H3. The summed E-state index contributed by atoms with van der Waals surface area (Å²) in [4.78, 5) is 0. The summed E-state index contributed by atoms with van der Waals surface area (Å²) in [5, 5.41) is 0. The minimum Gasteiger partial charge on any atom is -0.377 e. The van der Waals surface area contributed by atoms with Crippen LogP contribution < -0.4 is 0 Å². The van der Waals surface area contributed by atoms with Crippen molar-refractivity contribution >= 4 is 0 Å². The van der Waals surface area contributed by atoms with E-state index in [1.165, 1.54) is 26.0 Å². The Morgan fingerprint density at radius 3 is 1.24 bits per heavy atom. The predicted molar refractivity (Wildman–Crippen MR) is 95.6 cm³/mol. The van der Waals surface area contributed by atoms with Gasteiger partial charge in [-0.15, -0.1) is 0 Å². The first kappa shape index (κ1) is 34.0. The molecule has 1 atom stereocenters. The first-order chi connectivity index (χ1) is 16.6. The fraction of sp³-hybridized carbons (Fsp3) is 0.700. The van der Waals surface area contributed by atoms with Crippen LogP contribution in [0.5, 0.6) is 0 Å². The summed E-state index contributed by atoms with van der Waals surface area (Å²) in [6.45, 7) is 2.87. The lowest BCUT2D eigenvalue weighted by atomic mass is 9.86. The largest absolute Gasteiger partial charge is 0.460 e. The molecule has 0 heterocycles. The Bertz CT molecular complexity index is 965. The van der Waals surface area contributed by atoms with Gasteiger partial charge < -0.3 is 4.74 Å². The molecule has 0 N–H and O–H groups in total. The zero-order chi connectivity index (χ0) is 30.6. The lowest BCUT2D eigenvalue weighted by Crippen LogP contribution is -2.74. The number of hydrogen-bond acceptors (Lipinski definition) is 1. The molecule has 1 nitrogen and oxygen atoms in total. The third kappa shape index (κ3) is 4.89. The molecule has 0 saturated carbocycles. The Morgan fingerprint density at radius 2 is 0.895 bits per heavy atom. The number of alkyl halides is 17. The van der Waals surface area contributed by atoms with E-state index in [1.807, 2.05) is 0 Å². The van der Waals surface area contributed by atoms with Crippen LogP contribution in [0.2, 0.25) is 0 Å². The molecule has 0 aliphatic rings. The highest BCUT2D eigenvalue weighted by Crippen LogP contribution is 2.64. The SMILES string of the molecule is COC(CC(F)(F)C(F)(F)C(F)(F)C(F)(F)C(F)(F)C(F)(F)C(F)(F)C(F)(F)F)c1ccccc1C(C)C. The maximum atomic E-state index is 14.4. The van der Waals surface area contributed by atoms with Gasteiger partial charge in [0.15, 0.2) is 0 Å². The molecule has 0 aliphatic heterocycles. The Hall–Kier alpha value is -2.01. The fourth-order valence-corrected chi connectivity index (χ4v) is 3.21. The minimum absolute atomic E-state index is 0.0797. The first-order valence-corrected chi connectivity index (χ1v) is 9.93. The molecule has 1 aromatic carbocycles. The van der Waals surface area contributed by atoms with Gasteiger partial charge in [-0.2, -0.15) is 74.6 Å². The van der Waals surface area contributed by atoms with Gasteiger partial charge in [-0.3, -0.25) is 0 Å². The summed E-state index contributed by atoms with van der Waals surface area (Å²) in [5.74, 6) is -57.1. The van der Waals surface area contributed by atoms with Crippen LogP contribution in [0, 0.1) is 0 Å². The zero-order valence-corrected chi connectivity index (χ0v) is 19.0. The topological polar surface area (TPSA) is 9.23 Å². The highest BCUT2D eigenvalue weighted by Gasteiger charge is 2.95. The van der Waals surface area contributed by atoms with Gasteiger partial charge in [0.25, 0.3) is 0 Å². The van der Waals surface area contributed by atoms with Crippen molar-refractivity contribution in [2.75, 3.05) is 7.11 Å². The van der Waals surface area contributed by atoms with E-state index in [4.69, 9.17) is 0 Å². The van der Waals surface area contributed by atoms with Crippen LogP contribution in [-0.2, 0) is 4.74 Å². The molecule has 0 aromatic heterocycles. The third-order valence-electron chi connectivity index (χ3n) is 5.48. The van der Waals surface area contributed by atoms with E-state index < -0.39 is 71.6 Å². The number of benzene rings is 1. The monoisotopic (exact) mass is 596 g/mol. The molecule has 1 unspecified atom stereocenters. The first-order valence-electron chi connectivity index (χ1n) is 9.93. The van der Waals surface area contributed by atoms with E-state index in [0.717, 1.165) is 12.1 Å². The average molecular weight is 596 g/mol. The molecule has 0 spiro atoms. The van der Waals surface area contributed by atoms with Gasteiger partial charge >= 0.3 is 47.6 Å². The number of hydrogen-bond donors (Lipinski definition) is 0. The lowest BCUT2D eigenvalue weighted by Gasteiger charge is -2.43. The van der Waals surface area contributed by atoms with Crippen molar-refractivity contribution in [3.63, 3.8) is 0 Å². The van der Waals surface area contributed by atoms with Gasteiger partial charge in [-0.1, -0.05) is 38.1 Å². The second-order valence-corrected chi connectivity index (χ2v) is 8.36. The Balaban J connectivity index is 3.64. The molecule has 0 aliphatic carbocycles. The Labute approximate surface area is 202 Å². The molecule has 0 amide bonds. The Kier molecular flexibility index (Phi) is 8.84. The van der Waals surface area contributed by atoms with E-state index in [-0.39, 0.29) is 5.56 Å². The van der Waals surface area contributed by atoms with Gasteiger partial charge in [-0.25, -0.2) is 0 Å². The quantitative estimate of drug-likeness (QED) is 0.232. The van der Waals surface area contributed by atoms with E-state index in [2.05, 4.69) is 4.74 Å². The summed E-state index contributed by atoms with van der Waals surface area (Å²) >= 11 is 0. The second kappa shape index (κ2) is 9.87. The number of methoxy groups -OCH3 is 1. The molecule has 1 aromatic rings. The second-order valence-electron chi connectivity index (χ2n) is 8.36. The summed E-state index contributed by atoms with van der Waals surface area (Å²) < 4.78 is 233. The highest BCUT2D eigenvalue weighted by molar-refractivity contribution is 5.32. The maximum Gasteiger partial charge on any atom is 0.460 e. The third-order valence-corrected chi connectivity index (χ3v) is 5.48. The van der Waals surface area contributed by atoms with Crippen molar-refractivity contribution in [1.82, 2.24) is 0 Å². The van der Waals surface area contributed by atoms with Gasteiger partial charge in [0.2, 0.25) is 0 Å². The summed E-state index contributed by atoms with van der Waals surface area (Å²) in [6.07, 6.45) is -12.8. The molecule has 0 fully saturated rings. The lowest BCUT2D eigenvalue weighted by molar-refractivity contribution is -0.462. The smallest absolute Gasteiger partial charge is 0.377 e. The zero-order valence-electron chi connectivity index (χ0n) is 19.0. The van der Waals surface area contributed by atoms with Gasteiger partial charge in [0.1, 0.15) is 0 Å². The van der Waals surface area contributed by atoms with Crippen LogP contribution in [0.1, 0.15) is 43.4 Å². The van der Waals surface area contributed by atoms with Crippen molar-refractivity contribution in [2.24, 2.45) is 0 Å². The van der Waals surface area contributed by atoms with Crippen LogP contribution in [0.4, 0.5) is 74.6 Å². The molecular weight excluding hydrogens is 579 g/mol. The molecule has 18 heteroatoms. The van der Waals surface area contributed by atoms with Crippen molar-refractivity contribution in [2.45, 2.75) is 79.9 Å². The Morgan fingerprint density at radius 1 is 0.553 bits per heavy atom. The average Bonchev–Trinajstić information content (AvgIpc) is 2.75. The van der Waals surface area contributed by atoms with E-state index in [1.54, 1.807) is 0 Å². The van der Waals surface area contributed by atoms with Crippen LogP contribution in [0.15, 0.2) is 24.3 Å². The normalized spacial score (nSPS) is 16.2. The van der Waals surface area contributed by atoms with Crippen molar-refractivity contribution in [3.05, 3.63) is 35.4 Å².